The molecular formula is C15H19NO3. The molecule has 0 aliphatic heterocycles. The third kappa shape index (κ3) is 4.58. The summed E-state index contributed by atoms with van der Waals surface area (Å²) < 4.78 is 0. The number of carboxylic acids is 1. The molecule has 0 bridgehead atoms. The van der Waals surface area contributed by atoms with Crippen LogP contribution in [0.2, 0.25) is 0 Å². The predicted molar refractivity (Wildman–Crippen MR) is 75.0 cm³/mol. The van der Waals surface area contributed by atoms with Crippen LogP contribution >= 0.6 is 0 Å². The molecule has 1 aromatic carbocycles. The molecule has 19 heavy (non-hydrogen) atoms. The maximum atomic E-state index is 12.2. The molecule has 1 rings (SSSR count). The van der Waals surface area contributed by atoms with Gasteiger partial charge in [0.2, 0.25) is 0 Å². The predicted octanol–water partition coefficient (Wildman–Crippen LogP) is 2.66. The molecule has 0 aliphatic carbocycles. The fourth-order valence-electron chi connectivity index (χ4n) is 1.80. The Labute approximate surface area is 113 Å². The summed E-state index contributed by atoms with van der Waals surface area (Å²) in [6.07, 6.45) is 3.46. The Hall–Kier alpha value is -2.10. The largest absolute Gasteiger partial charge is 0.478 e. The number of amides is 1. The third-order valence-corrected chi connectivity index (χ3v) is 2.71. The highest BCUT2D eigenvalue weighted by atomic mass is 16.4. The van der Waals surface area contributed by atoms with Gasteiger partial charge in [-0.1, -0.05) is 19.1 Å². The Morgan fingerprint density at radius 1 is 1.32 bits per heavy atom. The highest BCUT2D eigenvalue weighted by Crippen LogP contribution is 2.10. The van der Waals surface area contributed by atoms with Crippen LogP contribution in [0.5, 0.6) is 0 Å². The van der Waals surface area contributed by atoms with E-state index in [1.165, 1.54) is 6.08 Å². The van der Waals surface area contributed by atoms with E-state index in [0.717, 1.165) is 19.0 Å². The molecule has 0 saturated heterocycles. The summed E-state index contributed by atoms with van der Waals surface area (Å²) in [6.45, 7) is 5.37. The minimum Gasteiger partial charge on any atom is -0.478 e. The first kappa shape index (κ1) is 15.0. The highest BCUT2D eigenvalue weighted by molar-refractivity contribution is 5.95. The Bertz CT molecular complexity index is 480. The third-order valence-electron chi connectivity index (χ3n) is 2.71. The summed E-state index contributed by atoms with van der Waals surface area (Å²) >= 11 is 0. The second-order valence-electron chi connectivity index (χ2n) is 4.18. The van der Waals surface area contributed by atoms with Gasteiger partial charge in [-0.15, -0.1) is 0 Å². The SMILES string of the molecule is CCCN(CC)C(=O)c1cccc(/C=C/C(=O)O)c1. The monoisotopic (exact) mass is 261 g/mol. The average molecular weight is 261 g/mol. The van der Waals surface area contributed by atoms with E-state index in [4.69, 9.17) is 5.11 Å². The van der Waals surface area contributed by atoms with Crippen LogP contribution in [0.25, 0.3) is 6.08 Å². The van der Waals surface area contributed by atoms with E-state index in [9.17, 15) is 9.59 Å². The lowest BCUT2D eigenvalue weighted by molar-refractivity contribution is -0.131. The van der Waals surface area contributed by atoms with Gasteiger partial charge >= 0.3 is 5.97 Å². The van der Waals surface area contributed by atoms with Gasteiger partial charge in [-0.2, -0.15) is 0 Å². The number of hydrogen-bond donors (Lipinski definition) is 1. The number of carboxylic acid groups (broad SMARTS) is 1. The molecule has 102 valence electrons. The number of carbonyl (C=O) groups is 2. The molecule has 1 aromatic rings. The fourth-order valence-corrected chi connectivity index (χ4v) is 1.80. The lowest BCUT2D eigenvalue weighted by Crippen LogP contribution is -2.31. The quantitative estimate of drug-likeness (QED) is 0.801. The molecule has 0 spiro atoms. The summed E-state index contributed by atoms with van der Waals surface area (Å²) in [5.74, 6) is -1.02. The van der Waals surface area contributed by atoms with Crippen molar-refractivity contribution in [2.75, 3.05) is 13.1 Å². The molecule has 0 aliphatic rings. The summed E-state index contributed by atoms with van der Waals surface area (Å²) in [5, 5.41) is 8.59. The molecule has 0 aromatic heterocycles. The molecule has 0 fully saturated rings. The van der Waals surface area contributed by atoms with Crippen LogP contribution in [0.4, 0.5) is 0 Å². The molecule has 0 atom stereocenters. The van der Waals surface area contributed by atoms with Crippen LogP contribution in [0, 0.1) is 0 Å². The maximum absolute atomic E-state index is 12.2. The van der Waals surface area contributed by atoms with E-state index in [-0.39, 0.29) is 5.91 Å². The zero-order valence-electron chi connectivity index (χ0n) is 11.3. The van der Waals surface area contributed by atoms with Crippen molar-refractivity contribution in [1.82, 2.24) is 4.90 Å². The Morgan fingerprint density at radius 3 is 2.63 bits per heavy atom. The van der Waals surface area contributed by atoms with Gasteiger partial charge in [-0.25, -0.2) is 4.79 Å². The van der Waals surface area contributed by atoms with Crippen molar-refractivity contribution >= 4 is 18.0 Å². The van der Waals surface area contributed by atoms with E-state index < -0.39 is 5.97 Å². The van der Waals surface area contributed by atoms with E-state index in [1.807, 2.05) is 13.8 Å². The topological polar surface area (TPSA) is 57.6 Å². The fraction of sp³-hybridized carbons (Fsp3) is 0.333. The van der Waals surface area contributed by atoms with Crippen LogP contribution in [-0.2, 0) is 4.79 Å². The van der Waals surface area contributed by atoms with Gasteiger partial charge in [-0.3, -0.25) is 4.79 Å². The molecule has 1 amide bonds. The van der Waals surface area contributed by atoms with Crippen LogP contribution < -0.4 is 0 Å². The molecule has 0 unspecified atom stereocenters. The minimum absolute atomic E-state index is 0.0186. The van der Waals surface area contributed by atoms with Gasteiger partial charge in [-0.05, 0) is 37.1 Å². The van der Waals surface area contributed by atoms with Gasteiger partial charge in [0.25, 0.3) is 5.91 Å². The molecule has 0 saturated carbocycles. The molecule has 0 radical (unpaired) electrons. The van der Waals surface area contributed by atoms with Crippen LogP contribution in [0.15, 0.2) is 30.3 Å². The van der Waals surface area contributed by atoms with Crippen molar-refractivity contribution < 1.29 is 14.7 Å². The van der Waals surface area contributed by atoms with Gasteiger partial charge in [0.1, 0.15) is 0 Å². The Morgan fingerprint density at radius 2 is 2.05 bits per heavy atom. The molecule has 4 heteroatoms. The van der Waals surface area contributed by atoms with Crippen LogP contribution in [0.1, 0.15) is 36.2 Å². The number of nitrogens with zero attached hydrogens (tertiary/aromatic N) is 1. The highest BCUT2D eigenvalue weighted by Gasteiger charge is 2.12. The second kappa shape index (κ2) is 7.36. The smallest absolute Gasteiger partial charge is 0.328 e. The summed E-state index contributed by atoms with van der Waals surface area (Å²) in [4.78, 5) is 24.5. The van der Waals surface area contributed by atoms with Crippen molar-refractivity contribution in [2.45, 2.75) is 20.3 Å². The van der Waals surface area contributed by atoms with Crippen molar-refractivity contribution in [2.24, 2.45) is 0 Å². The summed E-state index contributed by atoms with van der Waals surface area (Å²) in [6, 6.07) is 6.99. The zero-order chi connectivity index (χ0) is 14.3. The lowest BCUT2D eigenvalue weighted by Gasteiger charge is -2.20. The average Bonchev–Trinajstić information content (AvgIpc) is 2.42. The van der Waals surface area contributed by atoms with Gasteiger partial charge < -0.3 is 10.0 Å². The number of hydrogen-bond acceptors (Lipinski definition) is 2. The number of rotatable bonds is 6. The molecule has 1 N–H and O–H groups in total. The summed E-state index contributed by atoms with van der Waals surface area (Å²) in [5.41, 5.74) is 1.30. The first-order valence-corrected chi connectivity index (χ1v) is 6.38. The van der Waals surface area contributed by atoms with Gasteiger partial charge in [0.05, 0.1) is 0 Å². The molecule has 4 nitrogen and oxygen atoms in total. The van der Waals surface area contributed by atoms with Crippen molar-refractivity contribution in [1.29, 1.82) is 0 Å². The van der Waals surface area contributed by atoms with Crippen molar-refractivity contribution in [3.8, 4) is 0 Å². The van der Waals surface area contributed by atoms with Gasteiger partial charge in [0, 0.05) is 24.7 Å². The molecular weight excluding hydrogens is 242 g/mol. The van der Waals surface area contributed by atoms with Crippen LogP contribution in [-0.4, -0.2) is 35.0 Å². The number of benzene rings is 1. The first-order chi connectivity index (χ1) is 9.08. The van der Waals surface area contributed by atoms with E-state index >= 15 is 0 Å². The van der Waals surface area contributed by atoms with Gasteiger partial charge in [0.15, 0.2) is 0 Å². The van der Waals surface area contributed by atoms with Crippen molar-refractivity contribution in [3.05, 3.63) is 41.5 Å². The number of carbonyl (C=O) groups excluding carboxylic acids is 1. The zero-order valence-corrected chi connectivity index (χ0v) is 11.3. The Kier molecular flexibility index (Phi) is 5.79. The standard InChI is InChI=1S/C15H19NO3/c1-3-10-16(4-2)15(19)13-7-5-6-12(11-13)8-9-14(17)18/h5-9,11H,3-4,10H2,1-2H3,(H,17,18)/b9-8+. The second-order valence-corrected chi connectivity index (χ2v) is 4.18. The van der Waals surface area contributed by atoms with E-state index in [2.05, 4.69) is 0 Å². The lowest BCUT2D eigenvalue weighted by atomic mass is 10.1. The first-order valence-electron chi connectivity index (χ1n) is 6.38. The number of aliphatic carboxylic acids is 1. The minimum atomic E-state index is -1.00. The maximum Gasteiger partial charge on any atom is 0.328 e. The van der Waals surface area contributed by atoms with Crippen LogP contribution in [0.3, 0.4) is 0 Å². The normalized spacial score (nSPS) is 10.6. The Balaban J connectivity index is 2.92. The molecule has 0 heterocycles. The summed E-state index contributed by atoms with van der Waals surface area (Å²) in [7, 11) is 0. The van der Waals surface area contributed by atoms with E-state index in [1.54, 1.807) is 29.2 Å². The van der Waals surface area contributed by atoms with E-state index in [0.29, 0.717) is 17.7 Å². The van der Waals surface area contributed by atoms with Crippen molar-refractivity contribution in [3.63, 3.8) is 0 Å².